The van der Waals surface area contributed by atoms with Crippen LogP contribution in [-0.2, 0) is 17.8 Å². The molecule has 110 valence electrons. The second kappa shape index (κ2) is 6.83. The highest BCUT2D eigenvalue weighted by atomic mass is 32.1. The normalized spacial score (nSPS) is 18.8. The number of hydrogen-bond acceptors (Lipinski definition) is 4. The zero-order valence-electron chi connectivity index (χ0n) is 11.9. The molecule has 0 bridgehead atoms. The summed E-state index contributed by atoms with van der Waals surface area (Å²) >= 11 is 1.73. The molecule has 0 spiro atoms. The van der Waals surface area contributed by atoms with Gasteiger partial charge in [0.15, 0.2) is 0 Å². The van der Waals surface area contributed by atoms with Gasteiger partial charge < -0.3 is 5.32 Å². The Balaban J connectivity index is 1.45. The molecule has 4 nitrogen and oxygen atoms in total. The molecule has 1 N–H and O–H groups in total. The topological polar surface area (TPSA) is 45.2 Å². The zero-order valence-corrected chi connectivity index (χ0v) is 12.7. The summed E-state index contributed by atoms with van der Waals surface area (Å²) in [6, 6.07) is 6.23. The number of likely N-dealkylation sites (tertiary alicyclic amines) is 1. The molecular formula is C16H19N3OS. The van der Waals surface area contributed by atoms with Crippen molar-refractivity contribution in [3.8, 4) is 0 Å². The van der Waals surface area contributed by atoms with E-state index >= 15 is 0 Å². The lowest BCUT2D eigenvalue weighted by Crippen LogP contribution is -2.37. The lowest BCUT2D eigenvalue weighted by atomic mass is 10.2. The molecule has 1 fully saturated rings. The molecule has 0 aliphatic carbocycles. The van der Waals surface area contributed by atoms with Crippen LogP contribution in [0.15, 0.2) is 41.4 Å². The van der Waals surface area contributed by atoms with Crippen molar-refractivity contribution in [1.82, 2.24) is 15.2 Å². The van der Waals surface area contributed by atoms with Gasteiger partial charge in [-0.15, -0.1) is 0 Å². The van der Waals surface area contributed by atoms with Crippen LogP contribution in [0.4, 0.5) is 0 Å². The number of nitrogens with one attached hydrogen (secondary N) is 1. The van der Waals surface area contributed by atoms with Crippen molar-refractivity contribution in [3.63, 3.8) is 0 Å². The molecule has 1 aliphatic rings. The van der Waals surface area contributed by atoms with Crippen LogP contribution in [0.2, 0.25) is 0 Å². The SMILES string of the molecule is O=C(Cc1cccnc1)NC1CCN(Cc2ccsc2)C1. The Morgan fingerprint density at radius 1 is 1.43 bits per heavy atom. The van der Waals surface area contributed by atoms with E-state index < -0.39 is 0 Å². The third-order valence-corrected chi connectivity index (χ3v) is 4.44. The molecule has 0 aromatic carbocycles. The molecular weight excluding hydrogens is 282 g/mol. The highest BCUT2D eigenvalue weighted by Gasteiger charge is 2.23. The van der Waals surface area contributed by atoms with Crippen LogP contribution in [0.1, 0.15) is 17.5 Å². The van der Waals surface area contributed by atoms with Gasteiger partial charge in [-0.2, -0.15) is 11.3 Å². The fourth-order valence-corrected chi connectivity index (χ4v) is 3.36. The molecule has 1 saturated heterocycles. The van der Waals surface area contributed by atoms with Gasteiger partial charge in [0.1, 0.15) is 0 Å². The number of carbonyl (C=O) groups excluding carboxylic acids is 1. The predicted molar refractivity (Wildman–Crippen MR) is 84.1 cm³/mol. The first-order valence-electron chi connectivity index (χ1n) is 7.21. The Labute approximate surface area is 128 Å². The largest absolute Gasteiger partial charge is 0.352 e. The van der Waals surface area contributed by atoms with Crippen molar-refractivity contribution in [2.24, 2.45) is 0 Å². The summed E-state index contributed by atoms with van der Waals surface area (Å²) in [4.78, 5) is 18.5. The number of aromatic nitrogens is 1. The number of rotatable bonds is 5. The third kappa shape index (κ3) is 4.12. The van der Waals surface area contributed by atoms with Crippen LogP contribution in [0.3, 0.4) is 0 Å². The van der Waals surface area contributed by atoms with Gasteiger partial charge in [0, 0.05) is 38.1 Å². The maximum absolute atomic E-state index is 12.0. The summed E-state index contributed by atoms with van der Waals surface area (Å²) < 4.78 is 0. The first-order chi connectivity index (χ1) is 10.3. The molecule has 3 heterocycles. The van der Waals surface area contributed by atoms with Gasteiger partial charge in [-0.25, -0.2) is 0 Å². The van der Waals surface area contributed by atoms with E-state index in [0.717, 1.165) is 31.6 Å². The summed E-state index contributed by atoms with van der Waals surface area (Å²) in [6.07, 6.45) is 4.91. The molecule has 0 saturated carbocycles. The van der Waals surface area contributed by atoms with Gasteiger partial charge in [0.05, 0.1) is 6.42 Å². The predicted octanol–water partition coefficient (Wildman–Crippen LogP) is 2.08. The molecule has 0 radical (unpaired) electrons. The maximum atomic E-state index is 12.0. The van der Waals surface area contributed by atoms with Crippen LogP contribution < -0.4 is 5.32 Å². The van der Waals surface area contributed by atoms with Crippen molar-refractivity contribution in [2.75, 3.05) is 13.1 Å². The molecule has 1 aliphatic heterocycles. The van der Waals surface area contributed by atoms with E-state index in [1.54, 1.807) is 23.7 Å². The van der Waals surface area contributed by atoms with Crippen LogP contribution in [0.5, 0.6) is 0 Å². The minimum atomic E-state index is 0.0883. The first-order valence-corrected chi connectivity index (χ1v) is 8.15. The minimum Gasteiger partial charge on any atom is -0.352 e. The van der Waals surface area contributed by atoms with E-state index in [1.807, 2.05) is 12.1 Å². The van der Waals surface area contributed by atoms with Gasteiger partial charge >= 0.3 is 0 Å². The molecule has 2 aromatic rings. The molecule has 5 heteroatoms. The van der Waals surface area contributed by atoms with E-state index in [1.165, 1.54) is 5.56 Å². The Morgan fingerprint density at radius 2 is 2.38 bits per heavy atom. The summed E-state index contributed by atoms with van der Waals surface area (Å²) in [6.45, 7) is 2.97. The first kappa shape index (κ1) is 14.2. The van der Waals surface area contributed by atoms with E-state index in [-0.39, 0.29) is 11.9 Å². The fraction of sp³-hybridized carbons (Fsp3) is 0.375. The third-order valence-electron chi connectivity index (χ3n) is 3.71. The van der Waals surface area contributed by atoms with Crippen LogP contribution >= 0.6 is 11.3 Å². The number of hydrogen-bond donors (Lipinski definition) is 1. The van der Waals surface area contributed by atoms with Crippen LogP contribution in [-0.4, -0.2) is 34.9 Å². The number of thiophene rings is 1. The highest BCUT2D eigenvalue weighted by molar-refractivity contribution is 7.07. The van der Waals surface area contributed by atoms with E-state index in [2.05, 4.69) is 32.0 Å². The fourth-order valence-electron chi connectivity index (χ4n) is 2.70. The Kier molecular flexibility index (Phi) is 4.62. The molecule has 1 unspecified atom stereocenters. The average molecular weight is 301 g/mol. The van der Waals surface area contributed by atoms with Crippen molar-refractivity contribution in [1.29, 1.82) is 0 Å². The van der Waals surface area contributed by atoms with Gasteiger partial charge in [0.2, 0.25) is 5.91 Å². The summed E-state index contributed by atoms with van der Waals surface area (Å²) in [5, 5.41) is 7.43. The Morgan fingerprint density at radius 3 is 3.14 bits per heavy atom. The maximum Gasteiger partial charge on any atom is 0.224 e. The lowest BCUT2D eigenvalue weighted by molar-refractivity contribution is -0.121. The molecule has 1 amide bonds. The highest BCUT2D eigenvalue weighted by Crippen LogP contribution is 2.15. The van der Waals surface area contributed by atoms with Crippen molar-refractivity contribution in [2.45, 2.75) is 25.4 Å². The van der Waals surface area contributed by atoms with Gasteiger partial charge in [0.25, 0.3) is 0 Å². The lowest BCUT2D eigenvalue weighted by Gasteiger charge is -2.16. The van der Waals surface area contributed by atoms with Gasteiger partial charge in [-0.1, -0.05) is 6.07 Å². The van der Waals surface area contributed by atoms with Crippen LogP contribution in [0.25, 0.3) is 0 Å². The van der Waals surface area contributed by atoms with Crippen molar-refractivity contribution >= 4 is 17.2 Å². The summed E-state index contributed by atoms with van der Waals surface area (Å²) in [5.74, 6) is 0.0883. The summed E-state index contributed by atoms with van der Waals surface area (Å²) in [7, 11) is 0. The number of carbonyl (C=O) groups is 1. The Bertz CT molecular complexity index is 570. The second-order valence-corrected chi connectivity index (χ2v) is 6.24. The van der Waals surface area contributed by atoms with Crippen LogP contribution in [0, 0.1) is 0 Å². The molecule has 1 atom stereocenters. The molecule has 21 heavy (non-hydrogen) atoms. The standard InChI is InChI=1S/C16H19N3OS/c20-16(8-13-2-1-5-17-9-13)18-15-3-6-19(11-15)10-14-4-7-21-12-14/h1-2,4-5,7,9,12,15H,3,6,8,10-11H2,(H,18,20). The van der Waals surface area contributed by atoms with Crippen molar-refractivity contribution in [3.05, 3.63) is 52.5 Å². The Hall–Kier alpha value is -1.72. The quantitative estimate of drug-likeness (QED) is 0.919. The zero-order chi connectivity index (χ0) is 14.5. The summed E-state index contributed by atoms with van der Waals surface area (Å²) in [5.41, 5.74) is 2.32. The van der Waals surface area contributed by atoms with Gasteiger partial charge in [-0.3, -0.25) is 14.7 Å². The van der Waals surface area contributed by atoms with Gasteiger partial charge in [-0.05, 0) is 40.4 Å². The number of amides is 1. The molecule has 2 aromatic heterocycles. The van der Waals surface area contributed by atoms with E-state index in [9.17, 15) is 4.79 Å². The number of pyridine rings is 1. The number of nitrogens with zero attached hydrogens (tertiary/aromatic N) is 2. The molecule has 3 rings (SSSR count). The monoisotopic (exact) mass is 301 g/mol. The van der Waals surface area contributed by atoms with E-state index in [4.69, 9.17) is 0 Å². The average Bonchev–Trinajstić information content (AvgIpc) is 3.13. The van der Waals surface area contributed by atoms with Crippen molar-refractivity contribution < 1.29 is 4.79 Å². The minimum absolute atomic E-state index is 0.0883. The van der Waals surface area contributed by atoms with E-state index in [0.29, 0.717) is 6.42 Å². The second-order valence-electron chi connectivity index (χ2n) is 5.46. The smallest absolute Gasteiger partial charge is 0.224 e.